The van der Waals surface area contributed by atoms with E-state index < -0.39 is 11.9 Å². The Kier molecular flexibility index (Phi) is 8.46. The summed E-state index contributed by atoms with van der Waals surface area (Å²) in [6.07, 6.45) is 1.89. The number of likely N-dealkylation sites (N-methyl/N-ethyl adjacent to an activating group) is 1. The highest BCUT2D eigenvalue weighted by Gasteiger charge is 2.34. The Bertz CT molecular complexity index is 350. The van der Waals surface area contributed by atoms with Gasteiger partial charge in [0.25, 0.3) is 0 Å². The van der Waals surface area contributed by atoms with E-state index in [4.69, 9.17) is 10.2 Å². The van der Waals surface area contributed by atoms with E-state index in [1.807, 2.05) is 0 Å². The molecule has 7 nitrogen and oxygen atoms in total. The molecule has 0 aromatic heterocycles. The van der Waals surface area contributed by atoms with Gasteiger partial charge < -0.3 is 20.2 Å². The molecule has 1 heterocycles. The fourth-order valence-corrected chi connectivity index (χ4v) is 2.83. The molecule has 0 saturated carbocycles. The van der Waals surface area contributed by atoms with Crippen LogP contribution in [-0.4, -0.2) is 82.8 Å². The summed E-state index contributed by atoms with van der Waals surface area (Å²) in [6, 6.07) is 0.461. The summed E-state index contributed by atoms with van der Waals surface area (Å²) in [5.41, 5.74) is 0. The van der Waals surface area contributed by atoms with E-state index in [-0.39, 0.29) is 18.3 Å². The van der Waals surface area contributed by atoms with Crippen LogP contribution in [0.3, 0.4) is 0 Å². The number of rotatable bonds is 8. The van der Waals surface area contributed by atoms with E-state index in [2.05, 4.69) is 18.9 Å². The highest BCUT2D eigenvalue weighted by Crippen LogP contribution is 2.19. The van der Waals surface area contributed by atoms with Crippen LogP contribution in [0.5, 0.6) is 0 Å². The number of carboxylic acid groups (broad SMARTS) is 2. The summed E-state index contributed by atoms with van der Waals surface area (Å²) in [7, 11) is 2.20. The molecule has 0 radical (unpaired) electrons. The number of hydrogen-bond donors (Lipinski definition) is 2. The van der Waals surface area contributed by atoms with Gasteiger partial charge in [0.1, 0.15) is 0 Å². The third kappa shape index (κ3) is 6.88. The van der Waals surface area contributed by atoms with Crippen LogP contribution in [0.25, 0.3) is 0 Å². The summed E-state index contributed by atoms with van der Waals surface area (Å²) >= 11 is 0. The normalized spacial score (nSPS) is 26.1. The average Bonchev–Trinajstić information content (AvgIpc) is 2.33. The van der Waals surface area contributed by atoms with Crippen molar-refractivity contribution in [3.63, 3.8) is 0 Å². The van der Waals surface area contributed by atoms with Crippen molar-refractivity contribution in [2.24, 2.45) is 0 Å². The molecule has 0 aromatic carbocycles. The van der Waals surface area contributed by atoms with E-state index in [1.54, 1.807) is 0 Å². The number of carboxylic acids is 2. The minimum atomic E-state index is -0.732. The number of hydrogen-bond acceptors (Lipinski definition) is 4. The van der Waals surface area contributed by atoms with Gasteiger partial charge in [-0.1, -0.05) is 0 Å². The predicted octanol–water partition coefficient (Wildman–Crippen LogP) is 0.690. The standard InChI is InChI=1S/C14H26N2O4.H2O/c1-12-11-15(7-3-5-13(17)18)8-10-16(12,2)9-4-6-14(19)20;/h12H,3-11H2,1-2H3,(H-,17,18,19,20);1H2. The highest BCUT2D eigenvalue weighted by molar-refractivity contribution is 5.66. The lowest BCUT2D eigenvalue weighted by Crippen LogP contribution is -2.62. The molecule has 3 N–H and O–H groups in total. The van der Waals surface area contributed by atoms with Crippen molar-refractivity contribution >= 4 is 11.9 Å². The molecule has 0 bridgehead atoms. The van der Waals surface area contributed by atoms with Gasteiger partial charge in [0.15, 0.2) is 0 Å². The van der Waals surface area contributed by atoms with Crippen molar-refractivity contribution in [1.82, 2.24) is 4.90 Å². The lowest BCUT2D eigenvalue weighted by molar-refractivity contribution is -0.936. The van der Waals surface area contributed by atoms with Crippen molar-refractivity contribution in [3.8, 4) is 0 Å². The van der Waals surface area contributed by atoms with Gasteiger partial charge >= 0.3 is 11.9 Å². The Morgan fingerprint density at radius 1 is 1.19 bits per heavy atom. The van der Waals surface area contributed by atoms with Crippen LogP contribution in [0, 0.1) is 0 Å². The summed E-state index contributed by atoms with van der Waals surface area (Å²) < 4.78 is 0.919. The molecule has 1 aliphatic rings. The van der Waals surface area contributed by atoms with Gasteiger partial charge in [-0.25, -0.2) is 0 Å². The lowest BCUT2D eigenvalue weighted by Gasteiger charge is -2.47. The maximum atomic E-state index is 10.6. The first-order valence-corrected chi connectivity index (χ1v) is 7.33. The molecule has 124 valence electrons. The summed E-state index contributed by atoms with van der Waals surface area (Å²) in [5, 5.41) is 17.4. The maximum Gasteiger partial charge on any atom is 0.303 e. The second kappa shape index (κ2) is 8.96. The Hall–Kier alpha value is -1.18. The van der Waals surface area contributed by atoms with Crippen LogP contribution in [0.2, 0.25) is 0 Å². The summed E-state index contributed by atoms with van der Waals surface area (Å²) in [6.45, 7) is 6.87. The third-order valence-electron chi connectivity index (χ3n) is 4.44. The fourth-order valence-electron chi connectivity index (χ4n) is 2.83. The van der Waals surface area contributed by atoms with Crippen molar-refractivity contribution in [3.05, 3.63) is 0 Å². The number of nitrogens with zero attached hydrogens (tertiary/aromatic N) is 2. The lowest BCUT2D eigenvalue weighted by atomic mass is 10.1. The van der Waals surface area contributed by atoms with E-state index in [9.17, 15) is 9.59 Å². The van der Waals surface area contributed by atoms with Crippen molar-refractivity contribution in [2.75, 3.05) is 39.8 Å². The number of aliphatic carboxylic acids is 2. The molecule has 1 fully saturated rings. The first kappa shape index (κ1) is 19.8. The van der Waals surface area contributed by atoms with Gasteiger partial charge in [-0.15, -0.1) is 0 Å². The topological polar surface area (TPSA) is 108 Å². The van der Waals surface area contributed by atoms with Gasteiger partial charge in [-0.3, -0.25) is 14.5 Å². The molecule has 21 heavy (non-hydrogen) atoms. The van der Waals surface area contributed by atoms with Crippen molar-refractivity contribution in [2.45, 2.75) is 38.6 Å². The first-order chi connectivity index (χ1) is 9.33. The van der Waals surface area contributed by atoms with E-state index in [0.717, 1.165) is 43.6 Å². The molecule has 0 spiro atoms. The Balaban J connectivity index is 0.00000400. The SMILES string of the molecule is CC1CN(CCCC(=O)O)CC[N+]1(C)CCCC(=O)O.[OH-]. The van der Waals surface area contributed by atoms with Crippen LogP contribution in [0.4, 0.5) is 0 Å². The minimum Gasteiger partial charge on any atom is -0.870 e. The third-order valence-corrected chi connectivity index (χ3v) is 4.44. The molecular formula is C14H28N2O5. The predicted molar refractivity (Wildman–Crippen MR) is 77.5 cm³/mol. The second-order valence-corrected chi connectivity index (χ2v) is 6.07. The van der Waals surface area contributed by atoms with E-state index in [1.165, 1.54) is 0 Å². The number of carbonyl (C=O) groups is 2. The molecule has 1 aliphatic heterocycles. The van der Waals surface area contributed by atoms with Gasteiger partial charge in [0, 0.05) is 19.4 Å². The molecule has 2 unspecified atom stereocenters. The zero-order valence-corrected chi connectivity index (χ0v) is 13.0. The average molecular weight is 304 g/mol. The Labute approximate surface area is 126 Å². The maximum absolute atomic E-state index is 10.6. The quantitative estimate of drug-likeness (QED) is 0.639. The first-order valence-electron chi connectivity index (χ1n) is 7.33. The molecule has 1 saturated heterocycles. The van der Waals surface area contributed by atoms with Gasteiger partial charge in [0.2, 0.25) is 0 Å². The van der Waals surface area contributed by atoms with Crippen LogP contribution < -0.4 is 0 Å². The number of piperazine rings is 1. The van der Waals surface area contributed by atoms with E-state index >= 15 is 0 Å². The molecule has 7 heteroatoms. The van der Waals surface area contributed by atoms with Crippen molar-refractivity contribution in [1.29, 1.82) is 0 Å². The molecular weight excluding hydrogens is 276 g/mol. The number of quaternary nitrogens is 1. The highest BCUT2D eigenvalue weighted by atomic mass is 16.4. The Morgan fingerprint density at radius 2 is 1.76 bits per heavy atom. The summed E-state index contributed by atoms with van der Waals surface area (Å²) in [4.78, 5) is 23.4. The van der Waals surface area contributed by atoms with Crippen LogP contribution in [0.1, 0.15) is 32.6 Å². The van der Waals surface area contributed by atoms with Gasteiger partial charge in [0.05, 0.1) is 39.1 Å². The molecule has 2 atom stereocenters. The Morgan fingerprint density at radius 3 is 2.29 bits per heavy atom. The van der Waals surface area contributed by atoms with Crippen LogP contribution in [-0.2, 0) is 9.59 Å². The molecule has 0 aromatic rings. The van der Waals surface area contributed by atoms with Crippen molar-refractivity contribution < 1.29 is 29.8 Å². The van der Waals surface area contributed by atoms with Gasteiger partial charge in [-0.2, -0.15) is 0 Å². The zero-order chi connectivity index (χ0) is 15.2. The largest absolute Gasteiger partial charge is 0.870 e. The molecule has 1 rings (SSSR count). The van der Waals surface area contributed by atoms with Gasteiger partial charge in [-0.05, 0) is 19.9 Å². The fraction of sp³-hybridized carbons (Fsp3) is 0.857. The summed E-state index contributed by atoms with van der Waals surface area (Å²) in [5.74, 6) is -1.46. The zero-order valence-electron chi connectivity index (χ0n) is 13.0. The molecule has 0 amide bonds. The van der Waals surface area contributed by atoms with Crippen LogP contribution in [0.15, 0.2) is 0 Å². The second-order valence-electron chi connectivity index (χ2n) is 6.07. The monoisotopic (exact) mass is 304 g/mol. The van der Waals surface area contributed by atoms with Crippen LogP contribution >= 0.6 is 0 Å². The minimum absolute atomic E-state index is 0. The smallest absolute Gasteiger partial charge is 0.303 e. The molecule has 0 aliphatic carbocycles. The van der Waals surface area contributed by atoms with E-state index in [0.29, 0.717) is 12.5 Å².